The van der Waals surface area contributed by atoms with Crippen molar-refractivity contribution in [2.45, 2.75) is 38.5 Å². The molecule has 0 aromatic heterocycles. The molecule has 0 aromatic carbocycles. The van der Waals surface area contributed by atoms with Crippen molar-refractivity contribution in [1.29, 1.82) is 0 Å². The van der Waals surface area contributed by atoms with Gasteiger partial charge in [0.05, 0.1) is 0 Å². The second-order valence-electron chi connectivity index (χ2n) is 4.66. The van der Waals surface area contributed by atoms with E-state index in [1.54, 1.807) is 0 Å². The molecule has 1 saturated carbocycles. The molecule has 1 aliphatic carbocycles. The highest BCUT2D eigenvalue weighted by Crippen LogP contribution is 2.37. The Balaban J connectivity index is 2.32. The topological polar surface area (TPSA) is 0 Å². The first-order valence-corrected chi connectivity index (χ1v) is 7.87. The lowest BCUT2D eigenvalue weighted by atomic mass is 9.82. The van der Waals surface area contributed by atoms with Crippen LogP contribution in [0.4, 0.5) is 0 Å². The molecule has 0 aromatic rings. The normalized spacial score (nSPS) is 26.3. The maximum Gasteiger partial charge on any atom is 0.0448 e. The molecule has 0 radical (unpaired) electrons. The number of allylic oxidation sites excluding steroid dienone is 1. The molecule has 1 aliphatic rings. The predicted molar refractivity (Wildman–Crippen MR) is 50.0 cm³/mol. The van der Waals surface area contributed by atoms with Crippen LogP contribution in [0.1, 0.15) is 12.8 Å². The zero-order chi connectivity index (χ0) is 7.78. The molecule has 1 rings (SSSR count). The van der Waals surface area contributed by atoms with Crippen molar-refractivity contribution in [3.63, 3.8) is 0 Å². The van der Waals surface area contributed by atoms with E-state index in [9.17, 15) is 0 Å². The molecule has 1 heteroatoms. The first-order valence-electron chi connectivity index (χ1n) is 4.17. The van der Waals surface area contributed by atoms with Crippen LogP contribution in [-0.4, -0.2) is 8.07 Å². The van der Waals surface area contributed by atoms with Crippen molar-refractivity contribution in [1.82, 2.24) is 0 Å². The van der Waals surface area contributed by atoms with E-state index in [1.165, 1.54) is 24.5 Å². The SMILES string of the molecule is C=C1CC[C@H]1C[Si](C)(C)C. The van der Waals surface area contributed by atoms with E-state index in [-0.39, 0.29) is 0 Å². The van der Waals surface area contributed by atoms with Crippen LogP contribution in [0.15, 0.2) is 12.2 Å². The lowest BCUT2D eigenvalue weighted by Gasteiger charge is -2.33. The Bertz CT molecular complexity index is 141. The highest BCUT2D eigenvalue weighted by atomic mass is 28.3. The Hall–Kier alpha value is -0.0431. The molecule has 0 nitrogen and oxygen atoms in total. The molecular weight excluding hydrogens is 136 g/mol. The molecule has 0 spiro atoms. The minimum atomic E-state index is -0.793. The number of hydrogen-bond acceptors (Lipinski definition) is 0. The summed E-state index contributed by atoms with van der Waals surface area (Å²) in [6, 6.07) is 1.46. The van der Waals surface area contributed by atoms with Crippen molar-refractivity contribution in [3.8, 4) is 0 Å². The summed E-state index contributed by atoms with van der Waals surface area (Å²) in [7, 11) is -0.793. The van der Waals surface area contributed by atoms with Gasteiger partial charge < -0.3 is 0 Å². The number of hydrogen-bond donors (Lipinski definition) is 0. The Morgan fingerprint density at radius 3 is 2.20 bits per heavy atom. The minimum absolute atomic E-state index is 0.793. The predicted octanol–water partition coefficient (Wildman–Crippen LogP) is 3.29. The van der Waals surface area contributed by atoms with Gasteiger partial charge >= 0.3 is 0 Å². The van der Waals surface area contributed by atoms with E-state index in [2.05, 4.69) is 26.2 Å². The van der Waals surface area contributed by atoms with E-state index >= 15 is 0 Å². The van der Waals surface area contributed by atoms with Crippen molar-refractivity contribution in [2.75, 3.05) is 0 Å². The zero-order valence-electron chi connectivity index (χ0n) is 7.41. The molecule has 1 fully saturated rings. The summed E-state index contributed by atoms with van der Waals surface area (Å²) < 4.78 is 0. The Kier molecular flexibility index (Phi) is 2.04. The van der Waals surface area contributed by atoms with Crippen LogP contribution >= 0.6 is 0 Å². The molecule has 0 unspecified atom stereocenters. The first kappa shape index (κ1) is 8.06. The van der Waals surface area contributed by atoms with E-state index in [0.717, 1.165) is 5.92 Å². The van der Waals surface area contributed by atoms with Gasteiger partial charge in [-0.2, -0.15) is 0 Å². The molecule has 0 saturated heterocycles. The van der Waals surface area contributed by atoms with Crippen LogP contribution in [-0.2, 0) is 0 Å². The second-order valence-corrected chi connectivity index (χ2v) is 10.2. The van der Waals surface area contributed by atoms with E-state index in [0.29, 0.717) is 0 Å². The van der Waals surface area contributed by atoms with E-state index in [1.807, 2.05) is 0 Å². The van der Waals surface area contributed by atoms with Crippen LogP contribution in [0.2, 0.25) is 25.7 Å². The Morgan fingerprint density at radius 1 is 1.50 bits per heavy atom. The largest absolute Gasteiger partial charge is 0.0996 e. The van der Waals surface area contributed by atoms with Crippen LogP contribution < -0.4 is 0 Å². The monoisotopic (exact) mass is 154 g/mol. The molecule has 0 amide bonds. The van der Waals surface area contributed by atoms with Crippen molar-refractivity contribution in [2.24, 2.45) is 5.92 Å². The van der Waals surface area contributed by atoms with Gasteiger partial charge in [-0.05, 0) is 18.8 Å². The smallest absolute Gasteiger partial charge is 0.0448 e. The Morgan fingerprint density at radius 2 is 2.10 bits per heavy atom. The summed E-state index contributed by atoms with van der Waals surface area (Å²) in [4.78, 5) is 0. The third kappa shape index (κ3) is 1.98. The fourth-order valence-electron chi connectivity index (χ4n) is 1.54. The summed E-state index contributed by atoms with van der Waals surface area (Å²) in [6.07, 6.45) is 2.72. The Labute approximate surface area is 65.3 Å². The third-order valence-corrected chi connectivity index (χ3v) is 3.97. The highest BCUT2D eigenvalue weighted by Gasteiger charge is 2.27. The van der Waals surface area contributed by atoms with Crippen LogP contribution in [0, 0.1) is 5.92 Å². The molecule has 0 bridgehead atoms. The second kappa shape index (κ2) is 2.53. The molecule has 0 heterocycles. The molecule has 1 atom stereocenters. The lowest BCUT2D eigenvalue weighted by Crippen LogP contribution is -2.28. The summed E-state index contributed by atoms with van der Waals surface area (Å²) in [5.41, 5.74) is 1.52. The molecule has 0 aliphatic heterocycles. The van der Waals surface area contributed by atoms with Gasteiger partial charge in [-0.3, -0.25) is 0 Å². The summed E-state index contributed by atoms with van der Waals surface area (Å²) in [6.45, 7) is 11.4. The quantitative estimate of drug-likeness (QED) is 0.423. The van der Waals surface area contributed by atoms with Crippen LogP contribution in [0.25, 0.3) is 0 Å². The standard InChI is InChI=1S/C9H18Si/c1-8-5-6-9(8)7-10(2,3)4/h9H,1,5-7H2,2-4H3/t9-/m0/s1. The molecule has 10 heavy (non-hydrogen) atoms. The average Bonchev–Trinajstić information content (AvgIpc) is 1.78. The molecule has 0 N–H and O–H groups in total. The summed E-state index contributed by atoms with van der Waals surface area (Å²) in [5.74, 6) is 0.909. The number of rotatable bonds is 2. The average molecular weight is 154 g/mol. The van der Waals surface area contributed by atoms with Gasteiger partial charge in [0.15, 0.2) is 0 Å². The van der Waals surface area contributed by atoms with Gasteiger partial charge in [0.1, 0.15) is 0 Å². The van der Waals surface area contributed by atoms with Crippen molar-refractivity contribution < 1.29 is 0 Å². The van der Waals surface area contributed by atoms with Gasteiger partial charge in [-0.25, -0.2) is 0 Å². The van der Waals surface area contributed by atoms with Gasteiger partial charge in [0, 0.05) is 8.07 Å². The molecular formula is C9H18Si. The van der Waals surface area contributed by atoms with Crippen molar-refractivity contribution >= 4 is 8.07 Å². The van der Waals surface area contributed by atoms with Crippen LogP contribution in [0.3, 0.4) is 0 Å². The van der Waals surface area contributed by atoms with Gasteiger partial charge in [-0.15, -0.1) is 0 Å². The van der Waals surface area contributed by atoms with E-state index < -0.39 is 8.07 Å². The molecule has 58 valence electrons. The maximum absolute atomic E-state index is 4.05. The summed E-state index contributed by atoms with van der Waals surface area (Å²) in [5, 5.41) is 0. The highest BCUT2D eigenvalue weighted by molar-refractivity contribution is 6.76. The maximum atomic E-state index is 4.05. The minimum Gasteiger partial charge on any atom is -0.0996 e. The lowest BCUT2D eigenvalue weighted by molar-refractivity contribution is 0.480. The zero-order valence-corrected chi connectivity index (χ0v) is 8.41. The van der Waals surface area contributed by atoms with Crippen LogP contribution in [0.5, 0.6) is 0 Å². The fraction of sp³-hybridized carbons (Fsp3) is 0.778. The first-order chi connectivity index (χ1) is 4.49. The van der Waals surface area contributed by atoms with Gasteiger partial charge in [0.2, 0.25) is 0 Å². The van der Waals surface area contributed by atoms with Gasteiger partial charge in [0.25, 0.3) is 0 Å². The van der Waals surface area contributed by atoms with Gasteiger partial charge in [-0.1, -0.05) is 37.8 Å². The van der Waals surface area contributed by atoms with E-state index in [4.69, 9.17) is 0 Å². The third-order valence-electron chi connectivity index (χ3n) is 2.25. The summed E-state index contributed by atoms with van der Waals surface area (Å²) >= 11 is 0. The van der Waals surface area contributed by atoms with Crippen molar-refractivity contribution in [3.05, 3.63) is 12.2 Å². The fourth-order valence-corrected chi connectivity index (χ4v) is 3.51.